The first kappa shape index (κ1) is 18.9. The van der Waals surface area contributed by atoms with E-state index in [0.29, 0.717) is 0 Å². The van der Waals surface area contributed by atoms with Crippen LogP contribution >= 0.6 is 0 Å². The van der Waals surface area contributed by atoms with E-state index < -0.39 is 11.8 Å². The van der Waals surface area contributed by atoms with Crippen LogP contribution in [0.5, 0.6) is 0 Å². The summed E-state index contributed by atoms with van der Waals surface area (Å²) in [5, 5.41) is 1.07. The quantitative estimate of drug-likeness (QED) is 0.481. The predicted molar refractivity (Wildman–Crippen MR) is 93.7 cm³/mol. The number of carbonyl (C=O) groups is 3. The van der Waals surface area contributed by atoms with Crippen molar-refractivity contribution in [2.45, 2.75) is 39.5 Å². The molecule has 1 amide bonds. The van der Waals surface area contributed by atoms with Gasteiger partial charge < -0.3 is 0 Å². The maximum absolute atomic E-state index is 12.7. The van der Waals surface area contributed by atoms with Crippen molar-refractivity contribution in [2.24, 2.45) is 5.92 Å². The minimum atomic E-state index is -0.791. The van der Waals surface area contributed by atoms with E-state index in [1.807, 2.05) is 26.0 Å². The lowest BCUT2D eigenvalue weighted by molar-refractivity contribution is -0.175. The van der Waals surface area contributed by atoms with Crippen molar-refractivity contribution in [3.8, 4) is 11.8 Å². The average Bonchev–Trinajstić information content (AvgIpc) is 2.55. The Hall–Kier alpha value is -2.45. The van der Waals surface area contributed by atoms with Crippen LogP contribution in [0.2, 0.25) is 0 Å². The van der Waals surface area contributed by atoms with Crippen molar-refractivity contribution in [2.75, 3.05) is 14.2 Å². The van der Waals surface area contributed by atoms with Crippen LogP contribution in [0.3, 0.4) is 0 Å². The summed E-state index contributed by atoms with van der Waals surface area (Å²) >= 11 is 0. The molecule has 0 radical (unpaired) electrons. The molecule has 1 fully saturated rings. The van der Waals surface area contributed by atoms with Crippen LogP contribution in [0.1, 0.15) is 47.9 Å². The SMILES string of the molecule is CC#Cc1cc(C)c(C2C(=O)CC(C(=O)N(C)OC)CC2=O)c(C)c1. The minimum absolute atomic E-state index is 0.0539. The van der Waals surface area contributed by atoms with E-state index in [1.54, 1.807) is 6.92 Å². The van der Waals surface area contributed by atoms with Gasteiger partial charge in [-0.15, -0.1) is 5.92 Å². The number of amides is 1. The number of hydrogen-bond donors (Lipinski definition) is 0. The Labute approximate surface area is 148 Å². The molecule has 0 atom stereocenters. The van der Waals surface area contributed by atoms with Gasteiger partial charge in [0.05, 0.1) is 13.0 Å². The molecule has 0 bridgehead atoms. The number of hydroxylamine groups is 2. The summed E-state index contributed by atoms with van der Waals surface area (Å²) in [5.74, 6) is 3.65. The molecule has 0 saturated heterocycles. The van der Waals surface area contributed by atoms with Gasteiger partial charge in [-0.05, 0) is 49.6 Å². The number of Topliss-reactive ketones (excluding diaryl/α,β-unsaturated/α-hetero) is 2. The number of aryl methyl sites for hydroxylation is 2. The lowest BCUT2D eigenvalue weighted by atomic mass is 9.74. The number of benzene rings is 1. The second-order valence-corrected chi connectivity index (χ2v) is 6.39. The molecule has 0 unspecified atom stereocenters. The van der Waals surface area contributed by atoms with Crippen molar-refractivity contribution in [3.05, 3.63) is 34.4 Å². The van der Waals surface area contributed by atoms with Gasteiger partial charge in [0, 0.05) is 25.5 Å². The molecule has 1 aromatic carbocycles. The molecule has 0 aromatic heterocycles. The largest absolute Gasteiger partial charge is 0.298 e. The van der Waals surface area contributed by atoms with E-state index in [1.165, 1.54) is 14.2 Å². The predicted octanol–water partition coefficient (Wildman–Crippen LogP) is 2.33. The van der Waals surface area contributed by atoms with Crippen LogP contribution in [-0.2, 0) is 19.2 Å². The number of carbonyl (C=O) groups excluding carboxylic acids is 3. The van der Waals surface area contributed by atoms with E-state index in [2.05, 4.69) is 11.8 Å². The van der Waals surface area contributed by atoms with E-state index in [9.17, 15) is 14.4 Å². The van der Waals surface area contributed by atoms with Gasteiger partial charge in [-0.3, -0.25) is 19.2 Å². The monoisotopic (exact) mass is 341 g/mol. The molecule has 1 aliphatic carbocycles. The molecule has 1 aliphatic rings. The molecule has 0 aliphatic heterocycles. The van der Waals surface area contributed by atoms with Gasteiger partial charge in [0.1, 0.15) is 17.5 Å². The zero-order valence-electron chi connectivity index (χ0n) is 15.3. The van der Waals surface area contributed by atoms with Crippen LogP contribution in [0, 0.1) is 31.6 Å². The van der Waals surface area contributed by atoms with E-state index in [4.69, 9.17) is 4.84 Å². The molecular weight excluding hydrogens is 318 g/mol. The van der Waals surface area contributed by atoms with Crippen LogP contribution in [0.25, 0.3) is 0 Å². The molecule has 0 spiro atoms. The van der Waals surface area contributed by atoms with Crippen molar-refractivity contribution in [1.29, 1.82) is 0 Å². The van der Waals surface area contributed by atoms with Gasteiger partial charge in [-0.1, -0.05) is 5.92 Å². The molecule has 1 saturated carbocycles. The molecule has 1 aromatic rings. The fourth-order valence-electron chi connectivity index (χ4n) is 3.46. The Bertz CT molecular complexity index is 744. The standard InChI is InChI=1S/C20H23NO4/c1-6-7-14-8-12(2)18(13(3)9-14)19-16(22)10-15(11-17(19)23)20(24)21(4)25-5/h8-9,15,19H,10-11H2,1-5H3. The fraction of sp³-hybridized carbons (Fsp3) is 0.450. The van der Waals surface area contributed by atoms with Crippen LogP contribution < -0.4 is 0 Å². The number of nitrogens with zero attached hydrogens (tertiary/aromatic N) is 1. The van der Waals surface area contributed by atoms with Crippen LogP contribution in [0.4, 0.5) is 0 Å². The molecular formula is C20H23NO4. The third-order valence-electron chi connectivity index (χ3n) is 4.62. The molecule has 132 valence electrons. The van der Waals surface area contributed by atoms with E-state index in [0.717, 1.165) is 27.3 Å². The molecule has 5 heteroatoms. The number of rotatable bonds is 3. The first-order valence-corrected chi connectivity index (χ1v) is 8.21. The summed E-state index contributed by atoms with van der Waals surface area (Å²) in [7, 11) is 2.85. The summed E-state index contributed by atoms with van der Waals surface area (Å²) in [6.45, 7) is 5.54. The lowest BCUT2D eigenvalue weighted by Crippen LogP contribution is -2.40. The third-order valence-corrected chi connectivity index (χ3v) is 4.62. The Morgan fingerprint density at radius 1 is 1.16 bits per heavy atom. The molecule has 5 nitrogen and oxygen atoms in total. The number of ketones is 2. The normalized spacial score (nSPS) is 20.0. The maximum Gasteiger partial charge on any atom is 0.249 e. The minimum Gasteiger partial charge on any atom is -0.298 e. The highest BCUT2D eigenvalue weighted by Gasteiger charge is 2.41. The van der Waals surface area contributed by atoms with Gasteiger partial charge >= 0.3 is 0 Å². The Morgan fingerprint density at radius 3 is 2.12 bits per heavy atom. The van der Waals surface area contributed by atoms with E-state index in [-0.39, 0.29) is 30.3 Å². The second-order valence-electron chi connectivity index (χ2n) is 6.39. The first-order valence-electron chi connectivity index (χ1n) is 8.21. The van der Waals surface area contributed by atoms with Gasteiger partial charge in [-0.2, -0.15) is 0 Å². The zero-order chi connectivity index (χ0) is 18.7. The van der Waals surface area contributed by atoms with Crippen LogP contribution in [-0.4, -0.2) is 36.7 Å². The first-order chi connectivity index (χ1) is 11.8. The summed E-state index contributed by atoms with van der Waals surface area (Å²) in [4.78, 5) is 42.4. The highest BCUT2D eigenvalue weighted by atomic mass is 16.7. The lowest BCUT2D eigenvalue weighted by Gasteiger charge is -2.29. The highest BCUT2D eigenvalue weighted by Crippen LogP contribution is 2.35. The molecule has 25 heavy (non-hydrogen) atoms. The fourth-order valence-corrected chi connectivity index (χ4v) is 3.46. The van der Waals surface area contributed by atoms with E-state index >= 15 is 0 Å². The van der Waals surface area contributed by atoms with Gasteiger partial charge in [-0.25, -0.2) is 5.06 Å². The van der Waals surface area contributed by atoms with Crippen molar-refractivity contribution in [1.82, 2.24) is 5.06 Å². The Kier molecular flexibility index (Phi) is 5.76. The Morgan fingerprint density at radius 2 is 1.68 bits per heavy atom. The third kappa shape index (κ3) is 3.80. The summed E-state index contributed by atoms with van der Waals surface area (Å²) in [5.41, 5.74) is 3.38. The van der Waals surface area contributed by atoms with Crippen LogP contribution in [0.15, 0.2) is 12.1 Å². The maximum atomic E-state index is 12.7. The molecule has 0 heterocycles. The summed E-state index contributed by atoms with van der Waals surface area (Å²) < 4.78 is 0. The van der Waals surface area contributed by atoms with Crippen molar-refractivity contribution in [3.63, 3.8) is 0 Å². The van der Waals surface area contributed by atoms with Gasteiger partial charge in [0.15, 0.2) is 0 Å². The van der Waals surface area contributed by atoms with Gasteiger partial charge in [0.25, 0.3) is 0 Å². The Balaban J connectivity index is 2.33. The molecule has 2 rings (SSSR count). The van der Waals surface area contributed by atoms with Crippen molar-refractivity contribution < 1.29 is 19.2 Å². The van der Waals surface area contributed by atoms with Crippen molar-refractivity contribution >= 4 is 17.5 Å². The smallest absolute Gasteiger partial charge is 0.249 e. The molecule has 0 N–H and O–H groups in total. The topological polar surface area (TPSA) is 63.7 Å². The highest BCUT2D eigenvalue weighted by molar-refractivity contribution is 6.12. The average molecular weight is 341 g/mol. The second kappa shape index (κ2) is 7.62. The van der Waals surface area contributed by atoms with Gasteiger partial charge in [0.2, 0.25) is 5.91 Å². The summed E-state index contributed by atoms with van der Waals surface area (Å²) in [6.07, 6.45) is 0.108. The zero-order valence-corrected chi connectivity index (χ0v) is 15.3. The number of hydrogen-bond acceptors (Lipinski definition) is 4. The summed E-state index contributed by atoms with van der Waals surface area (Å²) in [6, 6.07) is 3.80.